The van der Waals surface area contributed by atoms with Crippen LogP contribution in [0.1, 0.15) is 43.0 Å². The number of amides is 1. The van der Waals surface area contributed by atoms with Crippen molar-refractivity contribution in [2.24, 2.45) is 0 Å². The van der Waals surface area contributed by atoms with Gasteiger partial charge in [-0.2, -0.15) is 32.1 Å². The fraction of sp³-hybridized carbons (Fsp3) is 0.385. The number of benzene rings is 1. The van der Waals surface area contributed by atoms with Gasteiger partial charge in [-0.25, -0.2) is 4.68 Å². The minimum Gasteiger partial charge on any atom is -0.292 e. The molecule has 0 spiro atoms. The summed E-state index contributed by atoms with van der Waals surface area (Å²) < 4.78 is 30.7. The maximum absolute atomic E-state index is 13.0. The molecule has 0 unspecified atom stereocenters. The highest BCUT2D eigenvalue weighted by molar-refractivity contribution is 7.87. The molecule has 0 saturated heterocycles. The van der Waals surface area contributed by atoms with Crippen molar-refractivity contribution in [2.45, 2.75) is 53.2 Å². The highest BCUT2D eigenvalue weighted by Gasteiger charge is 2.28. The maximum atomic E-state index is 13.0. The molecule has 5 rings (SSSR count). The van der Waals surface area contributed by atoms with Crippen LogP contribution in [0.2, 0.25) is 0 Å². The number of fused-ring (bicyclic) bond motifs is 1. The van der Waals surface area contributed by atoms with E-state index in [1.54, 1.807) is 11.0 Å². The first-order chi connectivity index (χ1) is 18.0. The first kappa shape index (κ1) is 25.9. The molecule has 0 bridgehead atoms. The predicted octanol–water partition coefficient (Wildman–Crippen LogP) is 3.40. The van der Waals surface area contributed by atoms with Crippen molar-refractivity contribution in [3.8, 4) is 22.6 Å². The first-order valence-electron chi connectivity index (χ1n) is 12.5. The molecule has 0 saturated carbocycles. The van der Waals surface area contributed by atoms with Crippen LogP contribution in [0.15, 0.2) is 42.7 Å². The van der Waals surface area contributed by atoms with Crippen LogP contribution < -0.4 is 4.90 Å². The SMILES string of the molecule is Cc1cc(CN2C(=O)CCn3nc(-c4c(C)cnn4C(C)C)cc32)ccc1-c1ccn(S(=O)(=O)N(C)C)n1. The summed E-state index contributed by atoms with van der Waals surface area (Å²) in [7, 11) is -0.751. The van der Waals surface area contributed by atoms with Crippen molar-refractivity contribution in [1.82, 2.24) is 33.1 Å². The number of hydrogen-bond acceptors (Lipinski definition) is 6. The van der Waals surface area contributed by atoms with Gasteiger partial charge >= 0.3 is 10.2 Å². The van der Waals surface area contributed by atoms with Gasteiger partial charge in [-0.15, -0.1) is 0 Å². The lowest BCUT2D eigenvalue weighted by molar-refractivity contribution is -0.119. The minimum atomic E-state index is -3.68. The van der Waals surface area contributed by atoms with Crippen LogP contribution in [0.25, 0.3) is 22.6 Å². The molecular formula is C26H32N8O3S. The minimum absolute atomic E-state index is 0.0485. The van der Waals surface area contributed by atoms with Gasteiger partial charge in [-0.3, -0.25) is 14.4 Å². The number of nitrogens with zero attached hydrogens (tertiary/aromatic N) is 8. The standard InChI is InChI=1S/C26H32N8O3S/c1-17(2)34-26(19(4)15-27-34)23-14-24-31(25(35)10-11-32(24)28-23)16-20-7-8-21(18(3)13-20)22-9-12-33(29-22)38(36,37)30(5)6/h7-9,12-15,17H,10-11,16H2,1-6H3. The summed E-state index contributed by atoms with van der Waals surface area (Å²) in [5.41, 5.74) is 6.09. The molecule has 12 heteroatoms. The second-order valence-corrected chi connectivity index (χ2v) is 12.1. The van der Waals surface area contributed by atoms with Crippen LogP contribution in [0, 0.1) is 13.8 Å². The zero-order valence-electron chi connectivity index (χ0n) is 22.5. The van der Waals surface area contributed by atoms with Crippen LogP contribution in [0.4, 0.5) is 5.82 Å². The second kappa shape index (κ2) is 9.52. The van der Waals surface area contributed by atoms with Crippen LogP contribution in [0.3, 0.4) is 0 Å². The monoisotopic (exact) mass is 536 g/mol. The van der Waals surface area contributed by atoms with E-state index in [0.717, 1.165) is 47.9 Å². The average Bonchev–Trinajstić information content (AvgIpc) is 3.59. The number of carbonyl (C=O) groups excluding carboxylic acids is 1. The second-order valence-electron chi connectivity index (χ2n) is 10.1. The van der Waals surface area contributed by atoms with Crippen molar-refractivity contribution >= 4 is 21.9 Å². The van der Waals surface area contributed by atoms with E-state index in [0.29, 0.717) is 25.2 Å². The van der Waals surface area contributed by atoms with Gasteiger partial charge in [0.1, 0.15) is 11.5 Å². The summed E-state index contributed by atoms with van der Waals surface area (Å²) in [6.07, 6.45) is 3.67. The Balaban J connectivity index is 1.43. The summed E-state index contributed by atoms with van der Waals surface area (Å²) >= 11 is 0. The fourth-order valence-corrected chi connectivity index (χ4v) is 5.48. The van der Waals surface area contributed by atoms with Gasteiger partial charge in [0.25, 0.3) is 0 Å². The third-order valence-corrected chi connectivity index (χ3v) is 8.35. The van der Waals surface area contributed by atoms with Crippen molar-refractivity contribution in [2.75, 3.05) is 19.0 Å². The normalized spacial score (nSPS) is 14.1. The van der Waals surface area contributed by atoms with Gasteiger partial charge in [0.05, 0.1) is 30.7 Å². The molecule has 1 amide bonds. The van der Waals surface area contributed by atoms with Gasteiger partial charge in [-0.1, -0.05) is 18.2 Å². The zero-order valence-corrected chi connectivity index (χ0v) is 23.3. The molecule has 0 atom stereocenters. The van der Waals surface area contributed by atoms with Crippen molar-refractivity contribution in [3.05, 3.63) is 59.4 Å². The smallest absolute Gasteiger partial charge is 0.292 e. The average molecular weight is 537 g/mol. The van der Waals surface area contributed by atoms with E-state index in [1.165, 1.54) is 20.3 Å². The molecule has 3 aromatic heterocycles. The summed E-state index contributed by atoms with van der Waals surface area (Å²) in [6, 6.07) is 9.71. The number of carbonyl (C=O) groups is 1. The molecule has 0 aliphatic carbocycles. The molecule has 4 heterocycles. The summed E-state index contributed by atoms with van der Waals surface area (Å²) in [4.78, 5) is 14.8. The Morgan fingerprint density at radius 2 is 1.79 bits per heavy atom. The predicted molar refractivity (Wildman–Crippen MR) is 145 cm³/mol. The van der Waals surface area contributed by atoms with Gasteiger partial charge < -0.3 is 0 Å². The van der Waals surface area contributed by atoms with Gasteiger partial charge in [0.15, 0.2) is 0 Å². The van der Waals surface area contributed by atoms with Crippen molar-refractivity contribution in [3.63, 3.8) is 0 Å². The summed E-state index contributed by atoms with van der Waals surface area (Å²) in [6.45, 7) is 9.08. The maximum Gasteiger partial charge on any atom is 0.322 e. The van der Waals surface area contributed by atoms with Crippen LogP contribution >= 0.6 is 0 Å². The van der Waals surface area contributed by atoms with E-state index in [9.17, 15) is 13.2 Å². The Morgan fingerprint density at radius 3 is 2.47 bits per heavy atom. The number of hydrogen-bond donors (Lipinski definition) is 0. The lowest BCUT2D eigenvalue weighted by Crippen LogP contribution is -2.36. The topological polar surface area (TPSA) is 111 Å². The van der Waals surface area contributed by atoms with Crippen LogP contribution in [-0.4, -0.2) is 61.5 Å². The van der Waals surface area contributed by atoms with Gasteiger partial charge in [0, 0.05) is 44.4 Å². The Hall–Kier alpha value is -3.77. The molecule has 4 aromatic rings. The first-order valence-corrected chi connectivity index (χ1v) is 13.9. The third-order valence-electron chi connectivity index (χ3n) is 6.76. The largest absolute Gasteiger partial charge is 0.322 e. The lowest BCUT2D eigenvalue weighted by atomic mass is 10.0. The summed E-state index contributed by atoms with van der Waals surface area (Å²) in [5.74, 6) is 0.814. The quantitative estimate of drug-likeness (QED) is 0.358. The number of aromatic nitrogens is 6. The molecule has 0 radical (unpaired) electrons. The molecule has 0 N–H and O–H groups in total. The van der Waals surface area contributed by atoms with E-state index < -0.39 is 10.2 Å². The molecule has 0 fully saturated rings. The highest BCUT2D eigenvalue weighted by Crippen LogP contribution is 2.32. The third kappa shape index (κ3) is 4.43. The van der Waals surface area contributed by atoms with Crippen LogP contribution in [-0.2, 0) is 28.1 Å². The van der Waals surface area contributed by atoms with Crippen molar-refractivity contribution in [1.29, 1.82) is 0 Å². The van der Waals surface area contributed by atoms with Gasteiger partial charge in [-0.05, 0) is 50.5 Å². The zero-order chi connectivity index (χ0) is 27.4. The Bertz CT molecular complexity index is 1630. The molecular weight excluding hydrogens is 504 g/mol. The molecule has 1 aliphatic heterocycles. The number of aryl methyl sites for hydroxylation is 3. The molecule has 38 heavy (non-hydrogen) atoms. The Kier molecular flexibility index (Phi) is 6.48. The Labute approximate surface area is 222 Å². The Morgan fingerprint density at radius 1 is 1.03 bits per heavy atom. The van der Waals surface area contributed by atoms with E-state index in [1.807, 2.05) is 53.7 Å². The molecule has 1 aromatic carbocycles. The van der Waals surface area contributed by atoms with Crippen LogP contribution in [0.5, 0.6) is 0 Å². The fourth-order valence-electron chi connectivity index (χ4n) is 4.74. The number of anilines is 1. The molecule has 200 valence electrons. The van der Waals surface area contributed by atoms with Crippen molar-refractivity contribution < 1.29 is 13.2 Å². The highest BCUT2D eigenvalue weighted by atomic mass is 32.2. The van der Waals surface area contributed by atoms with E-state index in [-0.39, 0.29) is 11.9 Å². The summed E-state index contributed by atoms with van der Waals surface area (Å²) in [5, 5.41) is 13.6. The van der Waals surface area contributed by atoms with E-state index >= 15 is 0 Å². The lowest BCUT2D eigenvalue weighted by Gasteiger charge is -2.27. The molecule has 11 nitrogen and oxygen atoms in total. The molecule has 1 aliphatic rings. The van der Waals surface area contributed by atoms with E-state index in [4.69, 9.17) is 5.10 Å². The number of rotatable bonds is 7. The van der Waals surface area contributed by atoms with E-state index in [2.05, 4.69) is 24.0 Å². The van der Waals surface area contributed by atoms with Gasteiger partial charge in [0.2, 0.25) is 5.91 Å².